The Kier molecular flexibility index (Phi) is 3.98. The van der Waals surface area contributed by atoms with Gasteiger partial charge in [0.15, 0.2) is 0 Å². The summed E-state index contributed by atoms with van der Waals surface area (Å²) in [5.41, 5.74) is 4.84. The fourth-order valence-corrected chi connectivity index (χ4v) is 0.105. The average molecular weight is 86.1 g/mol. The molecule has 2 N–H and O–H groups in total. The molecule has 0 bridgehead atoms. The van der Waals surface area contributed by atoms with Gasteiger partial charge in [-0.3, -0.25) is 0 Å². The molecule has 6 heavy (non-hydrogen) atoms. The Bertz CT molecular complexity index is 56.3. The second kappa shape index (κ2) is 4.41. The highest BCUT2D eigenvalue weighted by Gasteiger charge is 1.70. The lowest BCUT2D eigenvalue weighted by molar-refractivity contribution is 0.174. The molecular formula is C3H6N2O. The molecule has 3 nitrogen and oxygen atoms in total. The monoisotopic (exact) mass is 86.0 g/mol. The van der Waals surface area contributed by atoms with E-state index in [1.807, 2.05) is 0 Å². The lowest BCUT2D eigenvalue weighted by atomic mass is 10.8. The molecule has 34 valence electrons. The van der Waals surface area contributed by atoms with Crippen molar-refractivity contribution in [2.75, 3.05) is 13.3 Å². The van der Waals surface area contributed by atoms with Crippen molar-refractivity contribution >= 4 is 0 Å². The van der Waals surface area contributed by atoms with E-state index in [1.165, 1.54) is 0 Å². The molecule has 0 saturated carbocycles. The maximum atomic E-state index is 7.77. The Morgan fingerprint density at radius 3 is 2.67 bits per heavy atom. The maximum Gasteiger partial charge on any atom is 0.135 e. The first-order valence-corrected chi connectivity index (χ1v) is 1.56. The Balaban J connectivity index is 2.54. The molecule has 0 spiro atoms. The number of hydrogen-bond donors (Lipinski definition) is 1. The zero-order valence-corrected chi connectivity index (χ0v) is 3.35. The molecule has 0 radical (unpaired) electrons. The van der Waals surface area contributed by atoms with Gasteiger partial charge in [0.1, 0.15) is 6.61 Å². The molecule has 0 amide bonds. The van der Waals surface area contributed by atoms with Gasteiger partial charge in [0.25, 0.3) is 0 Å². The minimum Gasteiger partial charge on any atom is -0.352 e. The molecule has 0 fully saturated rings. The molecule has 0 aliphatic rings. The van der Waals surface area contributed by atoms with Crippen LogP contribution in [0, 0.1) is 11.3 Å². The van der Waals surface area contributed by atoms with E-state index in [1.54, 1.807) is 6.07 Å². The summed E-state index contributed by atoms with van der Waals surface area (Å²) in [7, 11) is 0. The average Bonchev–Trinajstić information content (AvgIpc) is 1.61. The minimum atomic E-state index is 0.0938. The predicted molar refractivity (Wildman–Crippen MR) is 20.6 cm³/mol. The van der Waals surface area contributed by atoms with E-state index in [0.717, 1.165) is 0 Å². The quantitative estimate of drug-likeness (QED) is 0.362. The highest BCUT2D eigenvalue weighted by atomic mass is 16.5. The van der Waals surface area contributed by atoms with Crippen LogP contribution in [-0.2, 0) is 4.74 Å². The standard InChI is InChI=1S/C3H6N2O/c4-1-2-6-3-5/h2-3,5H2. The molecule has 0 aromatic carbocycles. The molecular weight excluding hydrogens is 80.0 g/mol. The Morgan fingerprint density at radius 2 is 2.50 bits per heavy atom. The van der Waals surface area contributed by atoms with E-state index in [0.29, 0.717) is 0 Å². The van der Waals surface area contributed by atoms with Crippen molar-refractivity contribution in [1.29, 1.82) is 5.26 Å². The summed E-state index contributed by atoms with van der Waals surface area (Å²) in [6.45, 7) is 0.226. The SMILES string of the molecule is N#CCOCN. The van der Waals surface area contributed by atoms with E-state index in [4.69, 9.17) is 11.0 Å². The van der Waals surface area contributed by atoms with Gasteiger partial charge in [-0.2, -0.15) is 5.26 Å². The van der Waals surface area contributed by atoms with Crippen molar-refractivity contribution < 1.29 is 4.74 Å². The molecule has 0 atom stereocenters. The number of nitriles is 1. The van der Waals surface area contributed by atoms with Gasteiger partial charge >= 0.3 is 0 Å². The molecule has 0 heterocycles. The summed E-state index contributed by atoms with van der Waals surface area (Å²) in [6, 6.07) is 1.77. The summed E-state index contributed by atoms with van der Waals surface area (Å²) >= 11 is 0. The van der Waals surface area contributed by atoms with Gasteiger partial charge in [0, 0.05) is 0 Å². The molecule has 0 rings (SSSR count). The summed E-state index contributed by atoms with van der Waals surface area (Å²) in [5, 5.41) is 7.77. The normalized spacial score (nSPS) is 7.33. The maximum absolute atomic E-state index is 7.77. The van der Waals surface area contributed by atoms with Gasteiger partial charge in [-0.1, -0.05) is 0 Å². The van der Waals surface area contributed by atoms with Crippen molar-refractivity contribution in [3.05, 3.63) is 0 Å². The van der Waals surface area contributed by atoms with Crippen LogP contribution in [0.25, 0.3) is 0 Å². The van der Waals surface area contributed by atoms with E-state index >= 15 is 0 Å². The third-order valence-corrected chi connectivity index (χ3v) is 0.284. The lowest BCUT2D eigenvalue weighted by Gasteiger charge is -1.84. The fourth-order valence-electron chi connectivity index (χ4n) is 0.105. The van der Waals surface area contributed by atoms with Crippen LogP contribution in [0.2, 0.25) is 0 Å². The number of nitrogens with two attached hydrogens (primary N) is 1. The first-order valence-electron chi connectivity index (χ1n) is 1.56. The van der Waals surface area contributed by atoms with Gasteiger partial charge < -0.3 is 10.5 Å². The fraction of sp³-hybridized carbons (Fsp3) is 0.667. The first-order chi connectivity index (χ1) is 2.91. The van der Waals surface area contributed by atoms with Crippen LogP contribution >= 0.6 is 0 Å². The van der Waals surface area contributed by atoms with Crippen LogP contribution in [-0.4, -0.2) is 13.3 Å². The Hall–Kier alpha value is -0.590. The molecule has 0 aromatic heterocycles. The third kappa shape index (κ3) is 3.41. The molecule has 0 saturated heterocycles. The van der Waals surface area contributed by atoms with Gasteiger partial charge in [0.05, 0.1) is 12.8 Å². The summed E-state index contributed by atoms with van der Waals surface area (Å²) in [5.74, 6) is 0. The topological polar surface area (TPSA) is 59.0 Å². The van der Waals surface area contributed by atoms with Crippen molar-refractivity contribution in [3.63, 3.8) is 0 Å². The molecule has 0 aliphatic carbocycles. The summed E-state index contributed by atoms with van der Waals surface area (Å²) < 4.78 is 4.40. The van der Waals surface area contributed by atoms with Crippen LogP contribution in [0.1, 0.15) is 0 Å². The van der Waals surface area contributed by atoms with E-state index < -0.39 is 0 Å². The van der Waals surface area contributed by atoms with Gasteiger partial charge in [-0.15, -0.1) is 0 Å². The third-order valence-electron chi connectivity index (χ3n) is 0.284. The van der Waals surface area contributed by atoms with Crippen LogP contribution in [0.3, 0.4) is 0 Å². The second-order valence-corrected chi connectivity index (χ2v) is 0.673. The number of nitrogens with zero attached hydrogens (tertiary/aromatic N) is 1. The lowest BCUT2D eigenvalue weighted by Crippen LogP contribution is -2.03. The molecule has 0 aliphatic heterocycles. The van der Waals surface area contributed by atoms with Crippen LogP contribution in [0.4, 0.5) is 0 Å². The Morgan fingerprint density at radius 1 is 1.83 bits per heavy atom. The number of ether oxygens (including phenoxy) is 1. The van der Waals surface area contributed by atoms with Crippen molar-refractivity contribution in [3.8, 4) is 6.07 Å². The zero-order chi connectivity index (χ0) is 4.83. The predicted octanol–water partition coefficient (Wildman–Crippen LogP) is -0.557. The summed E-state index contributed by atoms with van der Waals surface area (Å²) in [4.78, 5) is 0. The molecule has 0 unspecified atom stereocenters. The summed E-state index contributed by atoms with van der Waals surface area (Å²) in [6.07, 6.45) is 0. The first kappa shape index (κ1) is 5.41. The van der Waals surface area contributed by atoms with Gasteiger partial charge in [-0.05, 0) is 0 Å². The highest BCUT2D eigenvalue weighted by molar-refractivity contribution is 4.65. The van der Waals surface area contributed by atoms with Crippen LogP contribution in [0.5, 0.6) is 0 Å². The Labute approximate surface area is 36.3 Å². The number of rotatable bonds is 2. The van der Waals surface area contributed by atoms with E-state index in [-0.39, 0.29) is 13.3 Å². The van der Waals surface area contributed by atoms with Crippen molar-refractivity contribution in [2.45, 2.75) is 0 Å². The number of hydrogen-bond acceptors (Lipinski definition) is 3. The van der Waals surface area contributed by atoms with Gasteiger partial charge in [-0.25, -0.2) is 0 Å². The van der Waals surface area contributed by atoms with Crippen molar-refractivity contribution in [2.24, 2.45) is 5.73 Å². The largest absolute Gasteiger partial charge is 0.352 e. The van der Waals surface area contributed by atoms with E-state index in [9.17, 15) is 0 Å². The smallest absolute Gasteiger partial charge is 0.135 e. The van der Waals surface area contributed by atoms with Crippen LogP contribution < -0.4 is 5.73 Å². The molecule has 3 heteroatoms. The second-order valence-electron chi connectivity index (χ2n) is 0.673. The van der Waals surface area contributed by atoms with Gasteiger partial charge in [0.2, 0.25) is 0 Å². The van der Waals surface area contributed by atoms with Crippen LogP contribution in [0.15, 0.2) is 0 Å². The highest BCUT2D eigenvalue weighted by Crippen LogP contribution is 1.59. The minimum absolute atomic E-state index is 0.0938. The molecule has 0 aromatic rings. The zero-order valence-electron chi connectivity index (χ0n) is 3.35. The van der Waals surface area contributed by atoms with E-state index in [2.05, 4.69) is 4.74 Å². The van der Waals surface area contributed by atoms with Crippen molar-refractivity contribution in [1.82, 2.24) is 0 Å².